The molecular weight excluding hydrogens is 270 g/mol. The largest absolute Gasteiger partial charge is 0.385 e. The molecule has 0 bridgehead atoms. The van der Waals surface area contributed by atoms with Crippen molar-refractivity contribution < 1.29 is 8.95 Å². The molecule has 0 radical (unpaired) electrons. The number of ether oxygens (including phenoxy) is 1. The van der Waals surface area contributed by atoms with Crippen LogP contribution in [0.1, 0.15) is 52.9 Å². The quantitative estimate of drug-likeness (QED) is 0.666. The van der Waals surface area contributed by atoms with E-state index >= 15 is 0 Å². The maximum absolute atomic E-state index is 12.6. The predicted octanol–water partition coefficient (Wildman–Crippen LogP) is 2.96. The van der Waals surface area contributed by atoms with Crippen molar-refractivity contribution in [1.29, 1.82) is 0 Å². The molecule has 0 spiro atoms. The van der Waals surface area contributed by atoms with Crippen molar-refractivity contribution in [3.63, 3.8) is 0 Å². The van der Waals surface area contributed by atoms with Crippen LogP contribution < -0.4 is 5.32 Å². The van der Waals surface area contributed by atoms with E-state index in [9.17, 15) is 4.21 Å². The summed E-state index contributed by atoms with van der Waals surface area (Å²) in [6.45, 7) is 8.56. The first-order chi connectivity index (χ1) is 9.60. The fraction of sp³-hybridized carbons (Fsp3) is 1.00. The maximum Gasteiger partial charge on any atom is 0.0503 e. The average Bonchev–Trinajstić information content (AvgIpc) is 2.44. The molecule has 120 valence electrons. The third-order valence-electron chi connectivity index (χ3n) is 4.46. The van der Waals surface area contributed by atoms with Crippen LogP contribution in [0.5, 0.6) is 0 Å². The van der Waals surface area contributed by atoms with Crippen molar-refractivity contribution >= 4 is 10.8 Å². The third kappa shape index (κ3) is 5.82. The summed E-state index contributed by atoms with van der Waals surface area (Å²) in [6.07, 6.45) is 5.65. The molecule has 0 saturated heterocycles. The van der Waals surface area contributed by atoms with Gasteiger partial charge in [0.25, 0.3) is 0 Å². The smallest absolute Gasteiger partial charge is 0.0503 e. The molecule has 0 aromatic carbocycles. The van der Waals surface area contributed by atoms with Gasteiger partial charge in [-0.25, -0.2) is 0 Å². The zero-order valence-electron chi connectivity index (χ0n) is 13.7. The molecule has 4 unspecified atom stereocenters. The van der Waals surface area contributed by atoms with Gasteiger partial charge in [-0.2, -0.15) is 0 Å². The molecule has 1 aliphatic rings. The molecule has 1 aliphatic carbocycles. The Labute approximate surface area is 127 Å². The van der Waals surface area contributed by atoms with E-state index in [1.807, 2.05) is 0 Å². The highest BCUT2D eigenvalue weighted by Crippen LogP contribution is 2.33. The Morgan fingerprint density at radius 2 is 2.10 bits per heavy atom. The molecule has 1 saturated carbocycles. The van der Waals surface area contributed by atoms with Gasteiger partial charge in [-0.1, -0.05) is 20.8 Å². The van der Waals surface area contributed by atoms with Crippen molar-refractivity contribution in [1.82, 2.24) is 5.32 Å². The van der Waals surface area contributed by atoms with Crippen molar-refractivity contribution in [2.75, 3.05) is 26.0 Å². The molecule has 4 heteroatoms. The Hall–Kier alpha value is 0.0700. The SMILES string of the molecule is CCCNC1CCC(C(C)C)CC1S(=O)CCCOC. The lowest BCUT2D eigenvalue weighted by molar-refractivity contribution is 0.199. The molecule has 0 heterocycles. The van der Waals surface area contributed by atoms with Crippen LogP contribution in [0.2, 0.25) is 0 Å². The molecule has 20 heavy (non-hydrogen) atoms. The van der Waals surface area contributed by atoms with Gasteiger partial charge in [0.15, 0.2) is 0 Å². The van der Waals surface area contributed by atoms with Gasteiger partial charge in [-0.15, -0.1) is 0 Å². The zero-order chi connectivity index (χ0) is 15.0. The van der Waals surface area contributed by atoms with Crippen molar-refractivity contribution in [3.05, 3.63) is 0 Å². The monoisotopic (exact) mass is 303 g/mol. The second kappa shape index (κ2) is 9.91. The Morgan fingerprint density at radius 3 is 2.70 bits per heavy atom. The van der Waals surface area contributed by atoms with Gasteiger partial charge in [0.2, 0.25) is 0 Å². The Kier molecular flexibility index (Phi) is 8.98. The van der Waals surface area contributed by atoms with E-state index in [2.05, 4.69) is 26.1 Å². The van der Waals surface area contributed by atoms with E-state index in [0.29, 0.717) is 17.2 Å². The van der Waals surface area contributed by atoms with E-state index in [1.165, 1.54) is 12.8 Å². The van der Waals surface area contributed by atoms with Crippen LogP contribution >= 0.6 is 0 Å². The maximum atomic E-state index is 12.6. The second-order valence-electron chi connectivity index (χ2n) is 6.35. The highest BCUT2D eigenvalue weighted by molar-refractivity contribution is 7.85. The minimum absolute atomic E-state index is 0.333. The van der Waals surface area contributed by atoms with Gasteiger partial charge in [-0.3, -0.25) is 4.21 Å². The lowest BCUT2D eigenvalue weighted by Gasteiger charge is -2.38. The molecule has 0 amide bonds. The summed E-state index contributed by atoms with van der Waals surface area (Å²) >= 11 is 0. The standard InChI is InChI=1S/C16H33NO2S/c1-5-9-17-15-8-7-14(13(2)3)12-16(15)20(18)11-6-10-19-4/h13-17H,5-12H2,1-4H3. The molecular formula is C16H33NO2S. The average molecular weight is 304 g/mol. The minimum Gasteiger partial charge on any atom is -0.385 e. The summed E-state index contributed by atoms with van der Waals surface area (Å²) in [6, 6.07) is 0.452. The van der Waals surface area contributed by atoms with Crippen molar-refractivity contribution in [3.8, 4) is 0 Å². The number of rotatable bonds is 9. The summed E-state index contributed by atoms with van der Waals surface area (Å²) in [5.41, 5.74) is 0. The molecule has 3 nitrogen and oxygen atoms in total. The van der Waals surface area contributed by atoms with Crippen molar-refractivity contribution in [2.24, 2.45) is 11.8 Å². The highest BCUT2D eigenvalue weighted by Gasteiger charge is 2.34. The van der Waals surface area contributed by atoms with Crippen LogP contribution in [0.25, 0.3) is 0 Å². The Morgan fingerprint density at radius 1 is 1.35 bits per heavy atom. The fourth-order valence-corrected chi connectivity index (χ4v) is 4.88. The molecule has 1 fully saturated rings. The summed E-state index contributed by atoms with van der Waals surface area (Å²) < 4.78 is 17.7. The van der Waals surface area contributed by atoms with Gasteiger partial charge in [0.1, 0.15) is 0 Å². The summed E-state index contributed by atoms with van der Waals surface area (Å²) in [4.78, 5) is 0. The Bertz CT molecular complexity index is 284. The lowest BCUT2D eigenvalue weighted by atomic mass is 9.79. The van der Waals surface area contributed by atoms with E-state index in [-0.39, 0.29) is 0 Å². The summed E-state index contributed by atoms with van der Waals surface area (Å²) in [7, 11) is 0.991. The minimum atomic E-state index is -0.721. The van der Waals surface area contributed by atoms with Gasteiger partial charge in [-0.05, 0) is 50.5 Å². The van der Waals surface area contributed by atoms with Gasteiger partial charge in [0, 0.05) is 36.3 Å². The van der Waals surface area contributed by atoms with Crippen LogP contribution in [0.15, 0.2) is 0 Å². The summed E-state index contributed by atoms with van der Waals surface area (Å²) in [5.74, 6) is 2.24. The predicted molar refractivity (Wildman–Crippen MR) is 87.6 cm³/mol. The fourth-order valence-electron chi connectivity index (χ4n) is 3.12. The number of nitrogens with one attached hydrogen (secondary N) is 1. The zero-order valence-corrected chi connectivity index (χ0v) is 14.5. The first-order valence-electron chi connectivity index (χ1n) is 8.19. The van der Waals surface area contributed by atoms with Crippen LogP contribution in [0, 0.1) is 11.8 Å². The highest BCUT2D eigenvalue weighted by atomic mass is 32.2. The van der Waals surface area contributed by atoms with Crippen molar-refractivity contribution in [2.45, 2.75) is 64.2 Å². The number of hydrogen-bond donors (Lipinski definition) is 1. The Balaban J connectivity index is 2.58. The van der Waals surface area contributed by atoms with Crippen LogP contribution in [-0.2, 0) is 15.5 Å². The van der Waals surface area contributed by atoms with Crippen LogP contribution in [-0.4, -0.2) is 41.5 Å². The molecule has 0 aromatic rings. The number of methoxy groups -OCH3 is 1. The molecule has 0 aromatic heterocycles. The lowest BCUT2D eigenvalue weighted by Crippen LogP contribution is -2.47. The third-order valence-corrected chi connectivity index (χ3v) is 6.35. The molecule has 0 aliphatic heterocycles. The van der Waals surface area contributed by atoms with E-state index in [4.69, 9.17) is 4.74 Å². The topological polar surface area (TPSA) is 38.3 Å². The van der Waals surface area contributed by atoms with Crippen LogP contribution in [0.3, 0.4) is 0 Å². The number of hydrogen-bond acceptors (Lipinski definition) is 3. The summed E-state index contributed by atoms with van der Waals surface area (Å²) in [5, 5.41) is 3.96. The van der Waals surface area contributed by atoms with E-state index in [1.54, 1.807) is 7.11 Å². The van der Waals surface area contributed by atoms with E-state index in [0.717, 1.165) is 44.1 Å². The van der Waals surface area contributed by atoms with Gasteiger partial charge in [0.05, 0.1) is 5.25 Å². The van der Waals surface area contributed by atoms with Gasteiger partial charge >= 0.3 is 0 Å². The molecule has 1 rings (SSSR count). The normalized spacial score (nSPS) is 28.8. The van der Waals surface area contributed by atoms with E-state index < -0.39 is 10.8 Å². The second-order valence-corrected chi connectivity index (χ2v) is 8.12. The molecule has 4 atom stereocenters. The first-order valence-corrected chi connectivity index (χ1v) is 9.57. The van der Waals surface area contributed by atoms with Crippen LogP contribution in [0.4, 0.5) is 0 Å². The van der Waals surface area contributed by atoms with Gasteiger partial charge < -0.3 is 10.1 Å². The molecule has 1 N–H and O–H groups in total. The first kappa shape index (κ1) is 18.1.